The second-order valence-corrected chi connectivity index (χ2v) is 8.96. The molecule has 1 heterocycles. The number of para-hydroxylation sites is 2. The van der Waals surface area contributed by atoms with Crippen LogP contribution < -0.4 is 20.1 Å². The van der Waals surface area contributed by atoms with Gasteiger partial charge in [0, 0.05) is 0 Å². The van der Waals surface area contributed by atoms with Gasteiger partial charge in [-0.2, -0.15) is 0 Å². The largest absolute Gasteiger partial charge is 0.495 e. The summed E-state index contributed by atoms with van der Waals surface area (Å²) >= 11 is 3.44. The monoisotopic (exact) mass is 579 g/mol. The molecule has 194 valence electrons. The number of rotatable bonds is 9. The summed E-state index contributed by atoms with van der Waals surface area (Å²) in [6.07, 6.45) is 1.50. The Morgan fingerprint density at radius 1 is 1.05 bits per heavy atom. The third-order valence-electron chi connectivity index (χ3n) is 5.51. The van der Waals surface area contributed by atoms with Crippen molar-refractivity contribution in [1.29, 1.82) is 0 Å². The zero-order valence-electron chi connectivity index (χ0n) is 20.1. The van der Waals surface area contributed by atoms with E-state index in [1.54, 1.807) is 54.6 Å². The number of aromatic carboxylic acids is 1. The number of halogens is 1. The van der Waals surface area contributed by atoms with Gasteiger partial charge in [-0.3, -0.25) is 9.59 Å². The highest BCUT2D eigenvalue weighted by molar-refractivity contribution is 9.10. The first-order valence-electron chi connectivity index (χ1n) is 11.3. The number of carbonyl (C=O) groups is 4. The Kier molecular flexibility index (Phi) is 8.07. The molecular weight excluding hydrogens is 558 g/mol. The Morgan fingerprint density at radius 3 is 2.47 bits per heavy atom. The van der Waals surface area contributed by atoms with E-state index >= 15 is 0 Å². The van der Waals surface area contributed by atoms with Crippen LogP contribution in [-0.2, 0) is 16.2 Å². The van der Waals surface area contributed by atoms with E-state index in [1.165, 1.54) is 25.3 Å². The Hall–Kier alpha value is -4.64. The Morgan fingerprint density at radius 2 is 1.79 bits per heavy atom. The smallest absolute Gasteiger partial charge is 0.335 e. The molecule has 0 radical (unpaired) electrons. The number of ether oxygens (including phenoxy) is 2. The summed E-state index contributed by atoms with van der Waals surface area (Å²) in [4.78, 5) is 49.5. The van der Waals surface area contributed by atoms with Crippen LogP contribution in [0, 0.1) is 0 Å². The topological polar surface area (TPSA) is 134 Å². The second kappa shape index (κ2) is 11.6. The molecule has 10 nitrogen and oxygen atoms in total. The number of hydrogen-bond donors (Lipinski definition) is 3. The molecule has 0 atom stereocenters. The standard InChI is InChI=1S/C27H22BrN3O7/c1-37-23-5-3-2-4-20(23)29-24(32)14-31-25(33)21(30-27(31)36)13-17-8-11-22(19(28)12-17)38-15-16-6-9-18(10-7-16)26(34)35/h2-13H,14-15H2,1H3,(H,29,32)(H,30,36)(H,34,35)/b21-13+. The number of methoxy groups -OCH3 is 1. The summed E-state index contributed by atoms with van der Waals surface area (Å²) in [6.45, 7) is -0.247. The maximum atomic E-state index is 12.8. The van der Waals surface area contributed by atoms with Gasteiger partial charge in [-0.15, -0.1) is 0 Å². The number of nitrogens with one attached hydrogen (secondary N) is 2. The van der Waals surface area contributed by atoms with Gasteiger partial charge in [-0.25, -0.2) is 14.5 Å². The molecule has 38 heavy (non-hydrogen) atoms. The molecule has 0 saturated carbocycles. The normalized spacial score (nSPS) is 13.8. The van der Waals surface area contributed by atoms with Crippen LogP contribution in [0.25, 0.3) is 6.08 Å². The fourth-order valence-electron chi connectivity index (χ4n) is 3.59. The summed E-state index contributed by atoms with van der Waals surface area (Å²) < 4.78 is 11.6. The minimum Gasteiger partial charge on any atom is -0.495 e. The highest BCUT2D eigenvalue weighted by Crippen LogP contribution is 2.28. The second-order valence-electron chi connectivity index (χ2n) is 8.11. The van der Waals surface area contributed by atoms with Crippen LogP contribution in [-0.4, -0.2) is 47.5 Å². The lowest BCUT2D eigenvalue weighted by atomic mass is 10.1. The van der Waals surface area contributed by atoms with E-state index in [9.17, 15) is 19.2 Å². The summed E-state index contributed by atoms with van der Waals surface area (Å²) in [5, 5.41) is 14.1. The van der Waals surface area contributed by atoms with Gasteiger partial charge in [-0.05, 0) is 69.5 Å². The lowest BCUT2D eigenvalue weighted by Gasteiger charge is -2.13. The van der Waals surface area contributed by atoms with E-state index in [0.717, 1.165) is 10.5 Å². The predicted octanol–water partition coefficient (Wildman–Crippen LogP) is 4.27. The van der Waals surface area contributed by atoms with Gasteiger partial charge in [0.15, 0.2) is 0 Å². The van der Waals surface area contributed by atoms with Gasteiger partial charge in [0.25, 0.3) is 5.91 Å². The van der Waals surface area contributed by atoms with E-state index in [1.807, 2.05) is 0 Å². The number of carboxylic acid groups (broad SMARTS) is 1. The highest BCUT2D eigenvalue weighted by atomic mass is 79.9. The molecule has 0 aliphatic carbocycles. The number of urea groups is 1. The van der Waals surface area contributed by atoms with E-state index in [2.05, 4.69) is 26.6 Å². The molecule has 4 rings (SSSR count). The first-order valence-corrected chi connectivity index (χ1v) is 12.1. The number of amides is 4. The van der Waals surface area contributed by atoms with Crippen molar-refractivity contribution >= 4 is 51.5 Å². The van der Waals surface area contributed by atoms with Crippen LogP contribution in [0.1, 0.15) is 21.5 Å². The number of nitrogens with zero attached hydrogens (tertiary/aromatic N) is 1. The molecule has 1 saturated heterocycles. The first-order chi connectivity index (χ1) is 18.2. The highest BCUT2D eigenvalue weighted by Gasteiger charge is 2.35. The van der Waals surface area contributed by atoms with Crippen molar-refractivity contribution in [1.82, 2.24) is 10.2 Å². The first kappa shape index (κ1) is 26.4. The van der Waals surface area contributed by atoms with Crippen molar-refractivity contribution in [2.45, 2.75) is 6.61 Å². The zero-order valence-corrected chi connectivity index (χ0v) is 21.7. The molecule has 4 amide bonds. The minimum atomic E-state index is -0.999. The van der Waals surface area contributed by atoms with Crippen molar-refractivity contribution in [3.8, 4) is 11.5 Å². The molecule has 0 spiro atoms. The molecular formula is C27H22BrN3O7. The fraction of sp³-hybridized carbons (Fsp3) is 0.111. The van der Waals surface area contributed by atoms with Crippen molar-refractivity contribution in [3.05, 3.63) is 93.6 Å². The van der Waals surface area contributed by atoms with Crippen molar-refractivity contribution in [3.63, 3.8) is 0 Å². The maximum Gasteiger partial charge on any atom is 0.335 e. The van der Waals surface area contributed by atoms with Crippen molar-refractivity contribution in [2.75, 3.05) is 19.0 Å². The number of imide groups is 1. The molecule has 0 unspecified atom stereocenters. The molecule has 0 aromatic heterocycles. The third-order valence-corrected chi connectivity index (χ3v) is 6.13. The quantitative estimate of drug-likeness (QED) is 0.254. The average Bonchev–Trinajstić information content (AvgIpc) is 3.16. The SMILES string of the molecule is COc1ccccc1NC(=O)CN1C(=O)N/C(=C/c2ccc(OCc3ccc(C(=O)O)cc3)c(Br)c2)C1=O. The third kappa shape index (κ3) is 6.19. The lowest BCUT2D eigenvalue weighted by Crippen LogP contribution is -2.38. The summed E-state index contributed by atoms with van der Waals surface area (Å²) in [6, 6.07) is 17.6. The number of hydrogen-bond acceptors (Lipinski definition) is 6. The van der Waals surface area contributed by atoms with Crippen LogP contribution in [0.5, 0.6) is 11.5 Å². The Balaban J connectivity index is 1.39. The van der Waals surface area contributed by atoms with Gasteiger partial charge in [0.1, 0.15) is 30.3 Å². The van der Waals surface area contributed by atoms with Gasteiger partial charge < -0.3 is 25.2 Å². The molecule has 3 aromatic rings. The maximum absolute atomic E-state index is 12.8. The van der Waals surface area contributed by atoms with Crippen LogP contribution in [0.3, 0.4) is 0 Å². The molecule has 1 aliphatic rings. The van der Waals surface area contributed by atoms with Crippen LogP contribution in [0.4, 0.5) is 10.5 Å². The Labute approximate surface area is 226 Å². The van der Waals surface area contributed by atoms with E-state index < -0.39 is 30.4 Å². The average molecular weight is 580 g/mol. The van der Waals surface area contributed by atoms with Crippen LogP contribution >= 0.6 is 15.9 Å². The van der Waals surface area contributed by atoms with Gasteiger partial charge in [-0.1, -0.05) is 30.3 Å². The van der Waals surface area contributed by atoms with Gasteiger partial charge in [0.2, 0.25) is 5.91 Å². The van der Waals surface area contributed by atoms with Crippen molar-refractivity contribution < 1.29 is 33.8 Å². The van der Waals surface area contributed by atoms with Gasteiger partial charge >= 0.3 is 12.0 Å². The van der Waals surface area contributed by atoms with Crippen molar-refractivity contribution in [2.24, 2.45) is 0 Å². The molecule has 1 fully saturated rings. The number of carboxylic acids is 1. The summed E-state index contributed by atoms with van der Waals surface area (Å²) in [5.74, 6) is -1.20. The van der Waals surface area contributed by atoms with E-state index in [-0.39, 0.29) is 17.9 Å². The molecule has 11 heteroatoms. The number of benzene rings is 3. The Bertz CT molecular complexity index is 1440. The van der Waals surface area contributed by atoms with Crippen LogP contribution in [0.2, 0.25) is 0 Å². The van der Waals surface area contributed by atoms with Gasteiger partial charge in [0.05, 0.1) is 22.8 Å². The summed E-state index contributed by atoms with van der Waals surface area (Å²) in [5.41, 5.74) is 2.05. The lowest BCUT2D eigenvalue weighted by molar-refractivity contribution is -0.127. The summed E-state index contributed by atoms with van der Waals surface area (Å²) in [7, 11) is 1.47. The van der Waals surface area contributed by atoms with E-state index in [0.29, 0.717) is 27.2 Å². The molecule has 0 bridgehead atoms. The zero-order chi connectivity index (χ0) is 27.2. The molecule has 3 aromatic carbocycles. The van der Waals surface area contributed by atoms with Crippen LogP contribution in [0.15, 0.2) is 76.9 Å². The number of carbonyl (C=O) groups excluding carboxylic acids is 3. The molecule has 1 aliphatic heterocycles. The van der Waals surface area contributed by atoms with E-state index in [4.69, 9.17) is 14.6 Å². The molecule has 3 N–H and O–H groups in total. The minimum absolute atomic E-state index is 0.0270. The fourth-order valence-corrected chi connectivity index (χ4v) is 4.10. The predicted molar refractivity (Wildman–Crippen MR) is 142 cm³/mol. The number of anilines is 1.